The SMILES string of the molecule is COc1cccc(OC)c1-c1noc(C)c1C(=O)O. The summed E-state index contributed by atoms with van der Waals surface area (Å²) in [4.78, 5) is 11.3. The summed E-state index contributed by atoms with van der Waals surface area (Å²) in [5.41, 5.74) is 0.656. The van der Waals surface area contributed by atoms with Gasteiger partial charge in [-0.3, -0.25) is 0 Å². The van der Waals surface area contributed by atoms with Gasteiger partial charge in [0.15, 0.2) is 0 Å². The molecular weight excluding hydrogens is 250 g/mol. The van der Waals surface area contributed by atoms with Crippen molar-refractivity contribution in [2.75, 3.05) is 14.2 Å². The Labute approximate surface area is 109 Å². The molecule has 0 aliphatic rings. The minimum Gasteiger partial charge on any atom is -0.496 e. The number of hydrogen-bond acceptors (Lipinski definition) is 5. The number of carboxylic acid groups (broad SMARTS) is 1. The Balaban J connectivity index is 2.74. The minimum absolute atomic E-state index is 0.00259. The Hall–Kier alpha value is -2.50. The zero-order valence-electron chi connectivity index (χ0n) is 10.8. The lowest BCUT2D eigenvalue weighted by molar-refractivity contribution is 0.0696. The maximum atomic E-state index is 11.3. The standard InChI is InChI=1S/C13H13NO5/c1-7-10(13(15)16)12(14-19-7)11-8(17-2)5-4-6-9(11)18-3/h4-6H,1-3H3,(H,15,16). The molecular formula is C13H13NO5. The molecule has 0 spiro atoms. The zero-order chi connectivity index (χ0) is 14.0. The fraction of sp³-hybridized carbons (Fsp3) is 0.231. The van der Waals surface area contributed by atoms with E-state index in [1.807, 2.05) is 0 Å². The van der Waals surface area contributed by atoms with E-state index in [0.717, 1.165) is 0 Å². The van der Waals surface area contributed by atoms with Gasteiger partial charge in [-0.25, -0.2) is 4.79 Å². The van der Waals surface area contributed by atoms with Crippen molar-refractivity contribution in [3.8, 4) is 22.8 Å². The fourth-order valence-corrected chi connectivity index (χ4v) is 1.88. The van der Waals surface area contributed by atoms with Gasteiger partial charge < -0.3 is 19.1 Å². The van der Waals surface area contributed by atoms with Gasteiger partial charge >= 0.3 is 5.97 Å². The molecule has 100 valence electrons. The van der Waals surface area contributed by atoms with Gasteiger partial charge in [0.1, 0.15) is 28.5 Å². The van der Waals surface area contributed by atoms with Crippen LogP contribution < -0.4 is 9.47 Å². The number of ether oxygens (including phenoxy) is 2. The first-order valence-corrected chi connectivity index (χ1v) is 5.51. The van der Waals surface area contributed by atoms with Crippen molar-refractivity contribution in [3.05, 3.63) is 29.5 Å². The second-order valence-electron chi connectivity index (χ2n) is 3.81. The first-order chi connectivity index (χ1) is 9.10. The van der Waals surface area contributed by atoms with Crippen LogP contribution in [-0.4, -0.2) is 30.5 Å². The van der Waals surface area contributed by atoms with Crippen molar-refractivity contribution < 1.29 is 23.9 Å². The summed E-state index contributed by atoms with van der Waals surface area (Å²) in [6.45, 7) is 1.54. The van der Waals surface area contributed by atoms with Crippen LogP contribution in [0.3, 0.4) is 0 Å². The third kappa shape index (κ3) is 2.12. The van der Waals surface area contributed by atoms with Gasteiger partial charge in [-0.2, -0.15) is 0 Å². The van der Waals surface area contributed by atoms with Gasteiger partial charge in [0, 0.05) is 0 Å². The Bertz CT molecular complexity index is 595. The first kappa shape index (κ1) is 12.9. The molecule has 0 bridgehead atoms. The van der Waals surface area contributed by atoms with E-state index >= 15 is 0 Å². The quantitative estimate of drug-likeness (QED) is 0.911. The summed E-state index contributed by atoms with van der Waals surface area (Å²) < 4.78 is 15.4. The lowest BCUT2D eigenvalue weighted by Gasteiger charge is -2.11. The number of aromatic carboxylic acids is 1. The number of carboxylic acids is 1. The molecule has 0 radical (unpaired) electrons. The Morgan fingerprint density at radius 1 is 1.26 bits per heavy atom. The lowest BCUT2D eigenvalue weighted by Crippen LogP contribution is -2.01. The molecule has 1 aromatic carbocycles. The lowest BCUT2D eigenvalue weighted by atomic mass is 10.0. The summed E-state index contributed by atoms with van der Waals surface area (Å²) in [6, 6.07) is 5.15. The van der Waals surface area contributed by atoms with E-state index in [4.69, 9.17) is 14.0 Å². The Morgan fingerprint density at radius 3 is 2.32 bits per heavy atom. The van der Waals surface area contributed by atoms with Crippen molar-refractivity contribution in [2.45, 2.75) is 6.92 Å². The van der Waals surface area contributed by atoms with Crippen molar-refractivity contribution in [2.24, 2.45) is 0 Å². The number of rotatable bonds is 4. The molecule has 0 fully saturated rings. The normalized spacial score (nSPS) is 10.3. The van der Waals surface area contributed by atoms with Crippen LogP contribution in [0.5, 0.6) is 11.5 Å². The average molecular weight is 263 g/mol. The molecule has 0 atom stereocenters. The summed E-state index contributed by atoms with van der Waals surface area (Å²) in [6.07, 6.45) is 0. The molecule has 0 saturated carbocycles. The Morgan fingerprint density at radius 2 is 1.84 bits per heavy atom. The number of carbonyl (C=O) groups is 1. The van der Waals surface area contributed by atoms with Gasteiger partial charge in [-0.15, -0.1) is 0 Å². The highest BCUT2D eigenvalue weighted by atomic mass is 16.5. The molecule has 0 unspecified atom stereocenters. The van der Waals surface area contributed by atoms with E-state index in [1.54, 1.807) is 25.1 Å². The van der Waals surface area contributed by atoms with Gasteiger partial charge in [-0.05, 0) is 19.1 Å². The van der Waals surface area contributed by atoms with Crippen molar-refractivity contribution in [1.82, 2.24) is 5.16 Å². The van der Waals surface area contributed by atoms with E-state index in [9.17, 15) is 9.90 Å². The smallest absolute Gasteiger partial charge is 0.341 e. The molecule has 0 saturated heterocycles. The summed E-state index contributed by atoms with van der Waals surface area (Å²) in [5, 5.41) is 13.1. The van der Waals surface area contributed by atoms with E-state index < -0.39 is 5.97 Å². The third-order valence-electron chi connectivity index (χ3n) is 2.74. The van der Waals surface area contributed by atoms with Crippen LogP contribution in [0.2, 0.25) is 0 Å². The number of aryl methyl sites for hydroxylation is 1. The van der Waals surface area contributed by atoms with Gasteiger partial charge in [-0.1, -0.05) is 11.2 Å². The fourth-order valence-electron chi connectivity index (χ4n) is 1.88. The van der Waals surface area contributed by atoms with Gasteiger partial charge in [0.2, 0.25) is 0 Å². The first-order valence-electron chi connectivity index (χ1n) is 5.51. The van der Waals surface area contributed by atoms with Crippen LogP contribution in [-0.2, 0) is 0 Å². The van der Waals surface area contributed by atoms with Gasteiger partial charge in [0.25, 0.3) is 0 Å². The van der Waals surface area contributed by atoms with Crippen molar-refractivity contribution in [1.29, 1.82) is 0 Å². The van der Waals surface area contributed by atoms with Crippen molar-refractivity contribution >= 4 is 5.97 Å². The molecule has 19 heavy (non-hydrogen) atoms. The summed E-state index contributed by atoms with van der Waals surface area (Å²) in [5.74, 6) is 0.0578. The number of methoxy groups -OCH3 is 2. The van der Waals surface area contributed by atoms with Crippen LogP contribution in [0.4, 0.5) is 0 Å². The van der Waals surface area contributed by atoms with E-state index in [-0.39, 0.29) is 17.0 Å². The maximum absolute atomic E-state index is 11.3. The van der Waals surface area contributed by atoms with Gasteiger partial charge in [0.05, 0.1) is 19.8 Å². The van der Waals surface area contributed by atoms with E-state index in [1.165, 1.54) is 14.2 Å². The maximum Gasteiger partial charge on any atom is 0.341 e. The van der Waals surface area contributed by atoms with Crippen LogP contribution in [0, 0.1) is 6.92 Å². The van der Waals surface area contributed by atoms with E-state index in [2.05, 4.69) is 5.16 Å². The second kappa shape index (κ2) is 5.01. The zero-order valence-corrected chi connectivity index (χ0v) is 10.8. The highest BCUT2D eigenvalue weighted by Crippen LogP contribution is 2.39. The topological polar surface area (TPSA) is 81.8 Å². The van der Waals surface area contributed by atoms with E-state index in [0.29, 0.717) is 17.1 Å². The number of nitrogens with zero attached hydrogens (tertiary/aromatic N) is 1. The highest BCUT2D eigenvalue weighted by Gasteiger charge is 2.25. The molecule has 0 aliphatic heterocycles. The number of aromatic nitrogens is 1. The molecule has 6 nitrogen and oxygen atoms in total. The van der Waals surface area contributed by atoms with Crippen LogP contribution >= 0.6 is 0 Å². The molecule has 0 amide bonds. The summed E-state index contributed by atoms with van der Waals surface area (Å²) >= 11 is 0. The second-order valence-corrected chi connectivity index (χ2v) is 3.81. The van der Waals surface area contributed by atoms with Crippen molar-refractivity contribution in [3.63, 3.8) is 0 Å². The molecule has 2 rings (SSSR count). The largest absolute Gasteiger partial charge is 0.496 e. The molecule has 2 aromatic rings. The number of hydrogen-bond donors (Lipinski definition) is 1. The predicted molar refractivity (Wildman–Crippen MR) is 66.7 cm³/mol. The summed E-state index contributed by atoms with van der Waals surface area (Å²) in [7, 11) is 2.98. The monoisotopic (exact) mass is 263 g/mol. The number of benzene rings is 1. The molecule has 6 heteroatoms. The molecule has 1 N–H and O–H groups in total. The van der Waals surface area contributed by atoms with Crippen LogP contribution in [0.15, 0.2) is 22.7 Å². The Kier molecular flexibility index (Phi) is 3.41. The van der Waals surface area contributed by atoms with Crippen LogP contribution in [0.1, 0.15) is 16.1 Å². The molecule has 0 aliphatic carbocycles. The van der Waals surface area contributed by atoms with Crippen LogP contribution in [0.25, 0.3) is 11.3 Å². The third-order valence-corrected chi connectivity index (χ3v) is 2.74. The molecule has 1 aromatic heterocycles. The molecule has 1 heterocycles. The minimum atomic E-state index is -1.11. The average Bonchev–Trinajstić information content (AvgIpc) is 2.79. The highest BCUT2D eigenvalue weighted by molar-refractivity contribution is 5.97. The predicted octanol–water partition coefficient (Wildman–Crippen LogP) is 2.37.